The molecule has 28 heavy (non-hydrogen) atoms. The smallest absolute Gasteiger partial charge is 0.224 e. The Labute approximate surface area is 162 Å². The van der Waals surface area contributed by atoms with E-state index in [4.69, 9.17) is 4.74 Å². The predicted octanol–water partition coefficient (Wildman–Crippen LogP) is 2.89. The molecule has 3 rings (SSSR count). The van der Waals surface area contributed by atoms with Crippen LogP contribution in [-0.4, -0.2) is 39.0 Å². The summed E-state index contributed by atoms with van der Waals surface area (Å²) in [5, 5.41) is 14.2. The van der Waals surface area contributed by atoms with Crippen LogP contribution in [0, 0.1) is 13.8 Å². The van der Waals surface area contributed by atoms with Gasteiger partial charge in [-0.2, -0.15) is 4.68 Å². The minimum atomic E-state index is -0.245. The normalized spacial score (nSPS) is 10.5. The highest BCUT2D eigenvalue weighted by Gasteiger charge is 2.13. The Morgan fingerprint density at radius 2 is 1.82 bits per heavy atom. The number of anilines is 1. The van der Waals surface area contributed by atoms with Gasteiger partial charge in [0.15, 0.2) is 11.6 Å². The van der Waals surface area contributed by atoms with Crippen molar-refractivity contribution in [3.05, 3.63) is 59.4 Å². The standard InChI is InChI=1S/C20H21N5O3/c1-13-4-6-15(7-5-13)18(26)9-11-20(27)21-16-8-10-19(28-3)17(12-16)25-14(2)22-23-24-25/h4-8,10,12H,9,11H2,1-3H3,(H,21,27). The fourth-order valence-corrected chi connectivity index (χ4v) is 2.72. The van der Waals surface area contributed by atoms with Gasteiger partial charge < -0.3 is 10.1 Å². The number of aryl methyl sites for hydroxylation is 2. The number of carbonyl (C=O) groups excluding carboxylic acids is 2. The van der Waals surface area contributed by atoms with Gasteiger partial charge in [-0.05, 0) is 42.5 Å². The number of tetrazole rings is 1. The molecule has 0 bridgehead atoms. The van der Waals surface area contributed by atoms with E-state index in [0.717, 1.165) is 5.56 Å². The van der Waals surface area contributed by atoms with Gasteiger partial charge in [0.05, 0.1) is 7.11 Å². The van der Waals surface area contributed by atoms with Crippen LogP contribution in [0.5, 0.6) is 5.75 Å². The second-order valence-corrected chi connectivity index (χ2v) is 6.36. The first-order chi connectivity index (χ1) is 13.5. The second-order valence-electron chi connectivity index (χ2n) is 6.36. The first-order valence-electron chi connectivity index (χ1n) is 8.81. The van der Waals surface area contributed by atoms with Gasteiger partial charge in [-0.1, -0.05) is 29.8 Å². The highest BCUT2D eigenvalue weighted by Crippen LogP contribution is 2.26. The number of hydrogen-bond acceptors (Lipinski definition) is 6. The summed E-state index contributed by atoms with van der Waals surface area (Å²) in [5.74, 6) is 0.855. The van der Waals surface area contributed by atoms with E-state index in [1.807, 2.05) is 19.1 Å². The topological polar surface area (TPSA) is 99.0 Å². The number of hydrogen-bond donors (Lipinski definition) is 1. The van der Waals surface area contributed by atoms with E-state index in [1.165, 1.54) is 4.68 Å². The van der Waals surface area contributed by atoms with Crippen LogP contribution in [-0.2, 0) is 4.79 Å². The third-order valence-electron chi connectivity index (χ3n) is 4.27. The minimum absolute atomic E-state index is 0.0603. The van der Waals surface area contributed by atoms with E-state index < -0.39 is 0 Å². The van der Waals surface area contributed by atoms with Crippen molar-refractivity contribution >= 4 is 17.4 Å². The average Bonchev–Trinajstić information content (AvgIpc) is 3.12. The summed E-state index contributed by atoms with van der Waals surface area (Å²) in [7, 11) is 1.55. The predicted molar refractivity (Wildman–Crippen MR) is 104 cm³/mol. The molecule has 0 aliphatic carbocycles. The van der Waals surface area contributed by atoms with Gasteiger partial charge in [0.25, 0.3) is 0 Å². The maximum absolute atomic E-state index is 12.3. The molecule has 1 aromatic heterocycles. The molecule has 1 amide bonds. The number of ether oxygens (including phenoxy) is 1. The molecule has 1 N–H and O–H groups in total. The van der Waals surface area contributed by atoms with Crippen LogP contribution in [0.15, 0.2) is 42.5 Å². The summed E-state index contributed by atoms with van der Waals surface area (Å²) >= 11 is 0. The number of benzene rings is 2. The average molecular weight is 379 g/mol. The lowest BCUT2D eigenvalue weighted by atomic mass is 10.0. The van der Waals surface area contributed by atoms with Crippen molar-refractivity contribution in [2.24, 2.45) is 0 Å². The molecule has 2 aromatic carbocycles. The molecule has 8 nitrogen and oxygen atoms in total. The molecule has 0 saturated carbocycles. The number of amides is 1. The van der Waals surface area contributed by atoms with Gasteiger partial charge in [-0.25, -0.2) is 0 Å². The van der Waals surface area contributed by atoms with Crippen molar-refractivity contribution < 1.29 is 14.3 Å². The largest absolute Gasteiger partial charge is 0.494 e. The van der Waals surface area contributed by atoms with Crippen molar-refractivity contribution in [1.29, 1.82) is 0 Å². The van der Waals surface area contributed by atoms with Gasteiger partial charge >= 0.3 is 0 Å². The zero-order valence-electron chi connectivity index (χ0n) is 16.0. The van der Waals surface area contributed by atoms with Gasteiger partial charge in [-0.3, -0.25) is 9.59 Å². The molecule has 0 saturated heterocycles. The lowest BCUT2D eigenvalue weighted by molar-refractivity contribution is -0.116. The quantitative estimate of drug-likeness (QED) is 0.634. The highest BCUT2D eigenvalue weighted by molar-refractivity contribution is 6.00. The van der Waals surface area contributed by atoms with Gasteiger partial charge in [0, 0.05) is 24.1 Å². The van der Waals surface area contributed by atoms with Crippen molar-refractivity contribution in [2.45, 2.75) is 26.7 Å². The van der Waals surface area contributed by atoms with Crippen molar-refractivity contribution in [3.8, 4) is 11.4 Å². The Morgan fingerprint density at radius 3 is 2.46 bits per heavy atom. The Morgan fingerprint density at radius 1 is 1.07 bits per heavy atom. The van der Waals surface area contributed by atoms with E-state index in [1.54, 1.807) is 44.4 Å². The molecule has 0 spiro atoms. The SMILES string of the molecule is COc1ccc(NC(=O)CCC(=O)c2ccc(C)cc2)cc1-n1nnnc1C. The molecule has 0 aliphatic rings. The fourth-order valence-electron chi connectivity index (χ4n) is 2.72. The van der Waals surface area contributed by atoms with E-state index in [-0.39, 0.29) is 24.5 Å². The monoisotopic (exact) mass is 379 g/mol. The summed E-state index contributed by atoms with van der Waals surface area (Å²) in [6.45, 7) is 3.73. The molecule has 1 heterocycles. The van der Waals surface area contributed by atoms with Crippen molar-refractivity contribution in [3.63, 3.8) is 0 Å². The highest BCUT2D eigenvalue weighted by atomic mass is 16.5. The first-order valence-corrected chi connectivity index (χ1v) is 8.81. The lowest BCUT2D eigenvalue weighted by Crippen LogP contribution is -2.14. The maximum Gasteiger partial charge on any atom is 0.224 e. The summed E-state index contributed by atoms with van der Waals surface area (Å²) in [6, 6.07) is 12.5. The Bertz CT molecular complexity index is 995. The first kappa shape index (κ1) is 19.2. The van der Waals surface area contributed by atoms with Crippen LogP contribution in [0.1, 0.15) is 34.6 Å². The molecule has 0 unspecified atom stereocenters. The van der Waals surface area contributed by atoms with E-state index in [9.17, 15) is 9.59 Å². The summed E-state index contributed by atoms with van der Waals surface area (Å²) < 4.78 is 6.87. The van der Waals surface area contributed by atoms with Crippen LogP contribution in [0.3, 0.4) is 0 Å². The molecule has 0 fully saturated rings. The number of ketones is 1. The van der Waals surface area contributed by atoms with E-state index in [0.29, 0.717) is 28.5 Å². The molecule has 0 aliphatic heterocycles. The van der Waals surface area contributed by atoms with Crippen LogP contribution in [0.4, 0.5) is 5.69 Å². The Kier molecular flexibility index (Phi) is 5.78. The number of nitrogens with zero attached hydrogens (tertiary/aromatic N) is 4. The van der Waals surface area contributed by atoms with Gasteiger partial charge in [0.1, 0.15) is 11.4 Å². The molecule has 0 atom stereocenters. The van der Waals surface area contributed by atoms with Gasteiger partial charge in [-0.15, -0.1) is 5.10 Å². The third-order valence-corrected chi connectivity index (χ3v) is 4.27. The Balaban J connectivity index is 1.66. The van der Waals surface area contributed by atoms with Crippen LogP contribution < -0.4 is 10.1 Å². The van der Waals surface area contributed by atoms with Crippen LogP contribution in [0.25, 0.3) is 5.69 Å². The summed E-state index contributed by atoms with van der Waals surface area (Å²) in [6.07, 6.45) is 0.238. The van der Waals surface area contributed by atoms with E-state index >= 15 is 0 Å². The number of aromatic nitrogens is 4. The lowest BCUT2D eigenvalue weighted by Gasteiger charge is -2.12. The van der Waals surface area contributed by atoms with E-state index in [2.05, 4.69) is 20.8 Å². The molecule has 144 valence electrons. The van der Waals surface area contributed by atoms with Crippen LogP contribution in [0.2, 0.25) is 0 Å². The fraction of sp³-hybridized carbons (Fsp3) is 0.250. The Hall–Kier alpha value is -3.55. The third kappa shape index (κ3) is 4.40. The number of rotatable bonds is 7. The summed E-state index contributed by atoms with van der Waals surface area (Å²) in [4.78, 5) is 24.5. The number of Topliss-reactive ketones (excluding diaryl/α,β-unsaturated/α-hetero) is 1. The number of nitrogens with one attached hydrogen (secondary N) is 1. The van der Waals surface area contributed by atoms with Crippen molar-refractivity contribution in [2.75, 3.05) is 12.4 Å². The van der Waals surface area contributed by atoms with Crippen molar-refractivity contribution in [1.82, 2.24) is 20.2 Å². The molecular formula is C20H21N5O3. The molecule has 0 radical (unpaired) electrons. The molecule has 3 aromatic rings. The molecular weight excluding hydrogens is 358 g/mol. The zero-order chi connectivity index (χ0) is 20.1. The maximum atomic E-state index is 12.3. The number of carbonyl (C=O) groups is 2. The molecule has 8 heteroatoms. The second kappa shape index (κ2) is 8.43. The van der Waals surface area contributed by atoms with Gasteiger partial charge in [0.2, 0.25) is 5.91 Å². The summed E-state index contributed by atoms with van der Waals surface area (Å²) in [5.41, 5.74) is 2.87. The zero-order valence-corrected chi connectivity index (χ0v) is 16.0. The minimum Gasteiger partial charge on any atom is -0.494 e. The van der Waals surface area contributed by atoms with Crippen LogP contribution >= 0.6 is 0 Å². The number of methoxy groups -OCH3 is 1.